The molecule has 1 heterocycles. The number of benzene rings is 3. The van der Waals surface area contributed by atoms with Crippen molar-refractivity contribution < 1.29 is 9.47 Å². The average molecular weight is 413 g/mol. The van der Waals surface area contributed by atoms with E-state index in [-0.39, 0.29) is 11.7 Å². The van der Waals surface area contributed by atoms with E-state index in [1.807, 2.05) is 80.6 Å². The number of nitrogens with zero attached hydrogens (tertiary/aromatic N) is 3. The van der Waals surface area contributed by atoms with E-state index in [9.17, 15) is 4.79 Å². The summed E-state index contributed by atoms with van der Waals surface area (Å²) >= 11 is 0. The van der Waals surface area contributed by atoms with Gasteiger partial charge >= 0.3 is 0 Å². The van der Waals surface area contributed by atoms with Crippen molar-refractivity contribution in [3.63, 3.8) is 0 Å². The quantitative estimate of drug-likeness (QED) is 0.428. The number of hydrogen-bond donors (Lipinski definition) is 0. The fourth-order valence-corrected chi connectivity index (χ4v) is 3.28. The van der Waals surface area contributed by atoms with Crippen LogP contribution >= 0.6 is 0 Å². The van der Waals surface area contributed by atoms with Gasteiger partial charge in [0.2, 0.25) is 0 Å². The van der Waals surface area contributed by atoms with E-state index in [2.05, 4.69) is 5.10 Å². The highest BCUT2D eigenvalue weighted by Crippen LogP contribution is 2.31. The van der Waals surface area contributed by atoms with Crippen LogP contribution in [0.1, 0.15) is 19.4 Å². The summed E-state index contributed by atoms with van der Waals surface area (Å²) in [6.07, 6.45) is 1.55. The van der Waals surface area contributed by atoms with E-state index >= 15 is 0 Å². The van der Waals surface area contributed by atoms with E-state index in [1.165, 1.54) is 4.68 Å². The highest BCUT2D eigenvalue weighted by molar-refractivity contribution is 5.86. The molecule has 0 fully saturated rings. The van der Waals surface area contributed by atoms with E-state index in [0.717, 1.165) is 5.56 Å². The molecule has 0 aliphatic rings. The van der Waals surface area contributed by atoms with Gasteiger partial charge in [-0.05, 0) is 38.1 Å². The van der Waals surface area contributed by atoms with Gasteiger partial charge in [0, 0.05) is 11.1 Å². The summed E-state index contributed by atoms with van der Waals surface area (Å²) in [6, 6.07) is 22.3. The SMILES string of the molecule is COc1cccc(C=Nn2c(-c3ccccc3)nc3ccccc3c2=O)c1OC(C)C. The maximum Gasteiger partial charge on any atom is 0.282 e. The molecule has 0 radical (unpaired) electrons. The highest BCUT2D eigenvalue weighted by atomic mass is 16.5. The molecule has 0 saturated carbocycles. The first-order valence-corrected chi connectivity index (χ1v) is 10.0. The third-order valence-electron chi connectivity index (χ3n) is 4.68. The Labute approximate surface area is 180 Å². The van der Waals surface area contributed by atoms with Crippen molar-refractivity contribution in [1.82, 2.24) is 9.66 Å². The van der Waals surface area contributed by atoms with Gasteiger partial charge in [0.1, 0.15) is 0 Å². The van der Waals surface area contributed by atoms with Crippen molar-refractivity contribution in [2.24, 2.45) is 5.10 Å². The Morgan fingerprint density at radius 3 is 2.45 bits per heavy atom. The molecule has 0 unspecified atom stereocenters. The molecular formula is C25H23N3O3. The van der Waals surface area contributed by atoms with Crippen LogP contribution in [0.5, 0.6) is 11.5 Å². The lowest BCUT2D eigenvalue weighted by atomic mass is 10.2. The summed E-state index contributed by atoms with van der Waals surface area (Å²) in [5, 5.41) is 5.03. The van der Waals surface area contributed by atoms with Crippen molar-refractivity contribution >= 4 is 17.1 Å². The fourth-order valence-electron chi connectivity index (χ4n) is 3.28. The second kappa shape index (κ2) is 8.83. The smallest absolute Gasteiger partial charge is 0.282 e. The standard InChI is InChI=1S/C25H23N3O3/c1-17(2)31-23-19(12-9-15-22(23)30-3)16-26-28-24(18-10-5-4-6-11-18)27-21-14-8-7-13-20(21)25(28)29/h4-17H,1-3H3. The molecule has 0 atom stereocenters. The molecular weight excluding hydrogens is 390 g/mol. The van der Waals surface area contributed by atoms with E-state index in [0.29, 0.717) is 33.8 Å². The zero-order valence-electron chi connectivity index (χ0n) is 17.6. The van der Waals surface area contributed by atoms with Crippen molar-refractivity contribution in [3.8, 4) is 22.9 Å². The van der Waals surface area contributed by atoms with Crippen molar-refractivity contribution in [3.05, 3.63) is 88.7 Å². The second-order valence-electron chi connectivity index (χ2n) is 7.23. The number of aromatic nitrogens is 2. The van der Waals surface area contributed by atoms with Crippen LogP contribution in [0.2, 0.25) is 0 Å². The number of rotatable bonds is 6. The molecule has 1 aromatic heterocycles. The minimum absolute atomic E-state index is 0.0478. The first-order chi connectivity index (χ1) is 15.1. The van der Waals surface area contributed by atoms with Crippen molar-refractivity contribution in [1.29, 1.82) is 0 Å². The number of ether oxygens (including phenoxy) is 2. The minimum atomic E-state index is -0.241. The normalized spacial score (nSPS) is 11.4. The Morgan fingerprint density at radius 2 is 1.71 bits per heavy atom. The lowest BCUT2D eigenvalue weighted by Crippen LogP contribution is -2.20. The molecule has 31 heavy (non-hydrogen) atoms. The fraction of sp³-hybridized carbons (Fsp3) is 0.160. The van der Waals surface area contributed by atoms with Crippen LogP contribution in [0.15, 0.2) is 82.7 Å². The van der Waals surface area contributed by atoms with Crippen molar-refractivity contribution in [2.45, 2.75) is 20.0 Å². The molecule has 0 spiro atoms. The molecule has 0 aliphatic heterocycles. The molecule has 0 saturated heterocycles. The van der Waals surface area contributed by atoms with Crippen LogP contribution in [0, 0.1) is 0 Å². The van der Waals surface area contributed by atoms with Crippen LogP contribution in [0.25, 0.3) is 22.3 Å². The first-order valence-electron chi connectivity index (χ1n) is 10.0. The molecule has 0 amide bonds. The molecule has 0 aliphatic carbocycles. The summed E-state index contributed by atoms with van der Waals surface area (Å²) in [5.74, 6) is 1.64. The largest absolute Gasteiger partial charge is 0.493 e. The Balaban J connectivity index is 1.90. The van der Waals surface area contributed by atoms with Gasteiger partial charge in [0.15, 0.2) is 17.3 Å². The number of para-hydroxylation sites is 2. The van der Waals surface area contributed by atoms with E-state index in [4.69, 9.17) is 14.5 Å². The molecule has 4 aromatic rings. The summed E-state index contributed by atoms with van der Waals surface area (Å²) in [5.41, 5.74) is 1.89. The zero-order valence-corrected chi connectivity index (χ0v) is 17.6. The molecule has 156 valence electrons. The van der Waals surface area contributed by atoms with Gasteiger partial charge in [-0.15, -0.1) is 0 Å². The summed E-state index contributed by atoms with van der Waals surface area (Å²) in [4.78, 5) is 18.0. The van der Waals surface area contributed by atoms with Gasteiger partial charge in [0.25, 0.3) is 5.56 Å². The second-order valence-corrected chi connectivity index (χ2v) is 7.23. The number of fused-ring (bicyclic) bond motifs is 1. The first kappa shape index (κ1) is 20.3. The lowest BCUT2D eigenvalue weighted by molar-refractivity contribution is 0.230. The number of methoxy groups -OCH3 is 1. The van der Waals surface area contributed by atoms with Gasteiger partial charge in [-0.2, -0.15) is 9.78 Å². The summed E-state index contributed by atoms with van der Waals surface area (Å²) in [7, 11) is 1.59. The van der Waals surface area contributed by atoms with Crippen LogP contribution in [-0.2, 0) is 0 Å². The van der Waals surface area contributed by atoms with Gasteiger partial charge in [-0.25, -0.2) is 4.98 Å². The zero-order chi connectivity index (χ0) is 21.8. The molecule has 6 nitrogen and oxygen atoms in total. The topological polar surface area (TPSA) is 65.7 Å². The van der Waals surface area contributed by atoms with Crippen LogP contribution in [-0.4, -0.2) is 29.1 Å². The molecule has 0 N–H and O–H groups in total. The minimum Gasteiger partial charge on any atom is -0.493 e. The Kier molecular flexibility index (Phi) is 5.80. The Morgan fingerprint density at radius 1 is 0.968 bits per heavy atom. The summed E-state index contributed by atoms with van der Waals surface area (Å²) < 4.78 is 12.7. The van der Waals surface area contributed by atoms with Gasteiger partial charge in [-0.3, -0.25) is 4.79 Å². The molecule has 4 rings (SSSR count). The van der Waals surface area contributed by atoms with Crippen LogP contribution < -0.4 is 15.0 Å². The molecule has 6 heteroatoms. The molecule has 0 bridgehead atoms. The van der Waals surface area contributed by atoms with E-state index < -0.39 is 0 Å². The van der Waals surface area contributed by atoms with E-state index in [1.54, 1.807) is 19.4 Å². The van der Waals surface area contributed by atoms with Gasteiger partial charge in [0.05, 0.1) is 30.3 Å². The Bertz CT molecular complexity index is 1290. The Hall–Kier alpha value is -3.93. The summed E-state index contributed by atoms with van der Waals surface area (Å²) in [6.45, 7) is 3.89. The third kappa shape index (κ3) is 4.19. The third-order valence-corrected chi connectivity index (χ3v) is 4.68. The maximum atomic E-state index is 13.3. The number of hydrogen-bond acceptors (Lipinski definition) is 5. The van der Waals surface area contributed by atoms with Gasteiger partial charge < -0.3 is 9.47 Å². The predicted octanol–water partition coefficient (Wildman–Crippen LogP) is 4.74. The van der Waals surface area contributed by atoms with Crippen LogP contribution in [0.3, 0.4) is 0 Å². The van der Waals surface area contributed by atoms with Gasteiger partial charge in [-0.1, -0.05) is 48.5 Å². The highest BCUT2D eigenvalue weighted by Gasteiger charge is 2.14. The average Bonchev–Trinajstić information content (AvgIpc) is 2.79. The predicted molar refractivity (Wildman–Crippen MR) is 123 cm³/mol. The van der Waals surface area contributed by atoms with Crippen molar-refractivity contribution in [2.75, 3.05) is 7.11 Å². The molecule has 3 aromatic carbocycles. The van der Waals surface area contributed by atoms with Crippen LogP contribution in [0.4, 0.5) is 0 Å². The maximum absolute atomic E-state index is 13.3. The lowest BCUT2D eigenvalue weighted by Gasteiger charge is -2.15. The monoisotopic (exact) mass is 413 g/mol.